The molecule has 50 heavy (non-hydrogen) atoms. The first kappa shape index (κ1) is 33.8. The summed E-state index contributed by atoms with van der Waals surface area (Å²) in [5.41, 5.74) is 0. The van der Waals surface area contributed by atoms with Gasteiger partial charge in [0.1, 0.15) is 7.11 Å². The van der Waals surface area contributed by atoms with E-state index >= 15 is 0 Å². The lowest BCUT2D eigenvalue weighted by molar-refractivity contribution is 0.430. The monoisotopic (exact) mass is 712 g/mol. The summed E-state index contributed by atoms with van der Waals surface area (Å²) in [4.78, 5) is 0. The molecule has 7 rings (SSSR count). The molecule has 0 amide bonds. The summed E-state index contributed by atoms with van der Waals surface area (Å²) in [5.74, 6) is 0. The SMILES string of the molecule is CO[Si](c1ccccc1)(c1ccccc1)[Si](c1ccccc1)(c1ccccc1)[Si](c1ccccc1)(c1ccccc1)[Si](C)(C)c1ccccc1. The van der Waals surface area contributed by atoms with Crippen LogP contribution in [-0.4, -0.2) is 36.8 Å². The second-order valence-electron chi connectivity index (χ2n) is 13.6. The van der Waals surface area contributed by atoms with Crippen molar-refractivity contribution in [3.05, 3.63) is 212 Å². The summed E-state index contributed by atoms with van der Waals surface area (Å²) in [5, 5.41) is 10.0. The molecule has 0 aliphatic heterocycles. The summed E-state index contributed by atoms with van der Waals surface area (Å²) in [6.45, 7) is 5.37. The summed E-state index contributed by atoms with van der Waals surface area (Å²) in [7, 11) is -10.2. The van der Waals surface area contributed by atoms with E-state index in [-0.39, 0.29) is 0 Å². The molecule has 0 atom stereocenters. The molecule has 0 spiro atoms. The number of hydrogen-bond donors (Lipinski definition) is 0. The Kier molecular flexibility index (Phi) is 9.69. The van der Waals surface area contributed by atoms with Gasteiger partial charge in [-0.05, 0) is 10.4 Å². The molecule has 1 nitrogen and oxygen atoms in total. The first-order chi connectivity index (χ1) is 24.5. The topological polar surface area (TPSA) is 9.23 Å². The minimum absolute atomic E-state index is 1.33. The van der Waals surface area contributed by atoms with Gasteiger partial charge in [0.15, 0.2) is 7.11 Å². The lowest BCUT2D eigenvalue weighted by atomic mass is 10.4. The maximum atomic E-state index is 7.72. The molecule has 5 heteroatoms. The van der Waals surface area contributed by atoms with Crippen LogP contribution in [0.4, 0.5) is 0 Å². The highest BCUT2D eigenvalue weighted by molar-refractivity contribution is 7.97. The van der Waals surface area contributed by atoms with E-state index in [9.17, 15) is 0 Å². The normalized spacial score (nSPS) is 12.4. The summed E-state index contributed by atoms with van der Waals surface area (Å²) in [6, 6.07) is 81.0. The second-order valence-corrected chi connectivity index (χ2v) is 43.5. The van der Waals surface area contributed by atoms with Crippen LogP contribution in [0.3, 0.4) is 0 Å². The molecular weight excluding hydrogens is 669 g/mol. The zero-order valence-corrected chi connectivity index (χ0v) is 33.1. The van der Waals surface area contributed by atoms with Crippen molar-refractivity contribution in [3.63, 3.8) is 0 Å². The molecule has 0 N–H and O–H groups in total. The quantitative estimate of drug-likeness (QED) is 0.155. The summed E-state index contributed by atoms with van der Waals surface area (Å²) >= 11 is 0. The lowest BCUT2D eigenvalue weighted by Crippen LogP contribution is -3.05. The standard InChI is InChI=1S/C45H44OSi4/c1-46-48(40-27-13-5-14-28-40,41-29-15-6-16-30-41)50(44-35-21-9-22-36-44,45-37-23-10-24-38-45)49(42-31-17-7-18-32-42,43-33-19-8-20-34-43)47(2,3)39-25-11-4-12-26-39/h4-38H,1-3H3. The van der Waals surface area contributed by atoms with Gasteiger partial charge in [0, 0.05) is 7.11 Å². The van der Waals surface area contributed by atoms with E-state index in [0.29, 0.717) is 0 Å². The largest absolute Gasteiger partial charge is 0.413 e. The average molecular weight is 713 g/mol. The van der Waals surface area contributed by atoms with Crippen molar-refractivity contribution in [3.8, 4) is 0 Å². The maximum Gasteiger partial charge on any atom is 0.248 e. The fourth-order valence-corrected chi connectivity index (χ4v) is 85.9. The molecule has 7 aromatic carbocycles. The van der Waals surface area contributed by atoms with Crippen molar-refractivity contribution in [1.29, 1.82) is 0 Å². The number of benzene rings is 7. The van der Waals surface area contributed by atoms with Gasteiger partial charge in [-0.1, -0.05) is 251 Å². The predicted octanol–water partition coefficient (Wildman–Crippen LogP) is 5.77. The fraction of sp³-hybridized carbons (Fsp3) is 0.0667. The van der Waals surface area contributed by atoms with E-state index in [0.717, 1.165) is 0 Å². The molecule has 0 fully saturated rings. The fourth-order valence-electron chi connectivity index (χ4n) is 9.22. The van der Waals surface area contributed by atoms with Gasteiger partial charge in [-0.3, -0.25) is 0 Å². The zero-order chi connectivity index (χ0) is 34.5. The van der Waals surface area contributed by atoms with Gasteiger partial charge in [-0.15, -0.1) is 0 Å². The Morgan fingerprint density at radius 3 is 0.760 bits per heavy atom. The molecule has 0 aromatic heterocycles. The minimum atomic E-state index is -3.29. The van der Waals surface area contributed by atoms with Crippen LogP contribution in [0.5, 0.6) is 0 Å². The first-order valence-corrected chi connectivity index (χ1v) is 29.4. The van der Waals surface area contributed by atoms with E-state index in [1.807, 2.05) is 7.11 Å². The third-order valence-electron chi connectivity index (χ3n) is 11.0. The van der Waals surface area contributed by atoms with Crippen molar-refractivity contribution < 1.29 is 4.43 Å². The molecule has 246 valence electrons. The van der Waals surface area contributed by atoms with Crippen LogP contribution < -0.4 is 36.3 Å². The Morgan fingerprint density at radius 2 is 0.500 bits per heavy atom. The van der Waals surface area contributed by atoms with Crippen molar-refractivity contribution in [2.75, 3.05) is 7.11 Å². The van der Waals surface area contributed by atoms with Crippen molar-refractivity contribution in [2.45, 2.75) is 13.1 Å². The molecule has 0 unspecified atom stereocenters. The highest BCUT2D eigenvalue weighted by Gasteiger charge is 2.76. The van der Waals surface area contributed by atoms with Crippen molar-refractivity contribution >= 4 is 66.0 Å². The van der Waals surface area contributed by atoms with Crippen LogP contribution >= 0.6 is 0 Å². The smallest absolute Gasteiger partial charge is 0.248 e. The molecule has 0 radical (unpaired) electrons. The minimum Gasteiger partial charge on any atom is -0.413 e. The van der Waals surface area contributed by atoms with E-state index in [4.69, 9.17) is 4.43 Å². The van der Waals surface area contributed by atoms with E-state index in [1.165, 1.54) is 36.3 Å². The average Bonchev–Trinajstić information content (AvgIpc) is 3.20. The van der Waals surface area contributed by atoms with Gasteiger partial charge < -0.3 is 4.43 Å². The van der Waals surface area contributed by atoms with Gasteiger partial charge in [-0.25, -0.2) is 0 Å². The van der Waals surface area contributed by atoms with Crippen LogP contribution in [0.2, 0.25) is 13.1 Å². The Hall–Kier alpha value is -4.63. The highest BCUT2D eigenvalue weighted by Crippen LogP contribution is 2.36. The number of rotatable bonds is 11. The summed E-state index contributed by atoms with van der Waals surface area (Å²) < 4.78 is 7.72. The van der Waals surface area contributed by atoms with Crippen LogP contribution in [0, 0.1) is 0 Å². The number of hydrogen-bond acceptors (Lipinski definition) is 1. The first-order valence-electron chi connectivity index (χ1n) is 17.5. The van der Waals surface area contributed by atoms with E-state index in [2.05, 4.69) is 225 Å². The van der Waals surface area contributed by atoms with E-state index in [1.54, 1.807) is 0 Å². The molecule has 0 bridgehead atoms. The lowest BCUT2D eigenvalue weighted by Gasteiger charge is -2.62. The van der Waals surface area contributed by atoms with Crippen LogP contribution in [-0.2, 0) is 4.43 Å². The Bertz CT molecular complexity index is 1980. The molecule has 0 saturated heterocycles. The Balaban J connectivity index is 1.88. The maximum absolute atomic E-state index is 7.72. The van der Waals surface area contributed by atoms with Gasteiger partial charge in [-0.2, -0.15) is 0 Å². The van der Waals surface area contributed by atoms with Crippen molar-refractivity contribution in [2.24, 2.45) is 0 Å². The predicted molar refractivity (Wildman–Crippen MR) is 224 cm³/mol. The summed E-state index contributed by atoms with van der Waals surface area (Å²) in [6.07, 6.45) is 0. The Labute approximate surface area is 301 Å². The van der Waals surface area contributed by atoms with Gasteiger partial charge >= 0.3 is 0 Å². The third kappa shape index (κ3) is 5.11. The van der Waals surface area contributed by atoms with Crippen LogP contribution in [0.25, 0.3) is 0 Å². The van der Waals surface area contributed by atoms with E-state index < -0.39 is 29.6 Å². The molecule has 0 heterocycles. The second kappa shape index (κ2) is 14.3. The zero-order valence-electron chi connectivity index (χ0n) is 29.1. The molecular formula is C45H44OSi4. The van der Waals surface area contributed by atoms with Crippen LogP contribution in [0.1, 0.15) is 0 Å². The molecule has 7 aromatic rings. The highest BCUT2D eigenvalue weighted by atomic mass is 29.8. The van der Waals surface area contributed by atoms with Crippen LogP contribution in [0.15, 0.2) is 212 Å². The van der Waals surface area contributed by atoms with Gasteiger partial charge in [0.2, 0.25) is 7.83 Å². The molecule has 0 aliphatic carbocycles. The van der Waals surface area contributed by atoms with Gasteiger partial charge in [0.05, 0.1) is 7.59 Å². The Morgan fingerprint density at radius 1 is 0.280 bits per heavy atom. The molecule has 0 aliphatic rings. The van der Waals surface area contributed by atoms with Gasteiger partial charge in [0.25, 0.3) is 0 Å². The van der Waals surface area contributed by atoms with Crippen molar-refractivity contribution in [1.82, 2.24) is 0 Å². The third-order valence-corrected chi connectivity index (χ3v) is 64.7. The molecule has 0 saturated carbocycles.